The van der Waals surface area contributed by atoms with Crippen molar-refractivity contribution in [1.82, 2.24) is 9.88 Å². The third-order valence-corrected chi connectivity index (χ3v) is 4.71. The molecule has 3 atom stereocenters. The van der Waals surface area contributed by atoms with Crippen LogP contribution < -0.4 is 4.74 Å². The SMILES string of the molecule is CC(C)(C)OC(=O)N1CC2CC2CC1COc1cc(Cl)nc(Cl)c1. The molecule has 1 saturated carbocycles. The number of rotatable bonds is 3. The van der Waals surface area contributed by atoms with Crippen LogP contribution >= 0.6 is 23.2 Å². The molecule has 3 rings (SSSR count). The first-order valence-electron chi connectivity index (χ1n) is 8.17. The highest BCUT2D eigenvalue weighted by atomic mass is 35.5. The zero-order chi connectivity index (χ0) is 17.5. The van der Waals surface area contributed by atoms with Crippen LogP contribution in [0.2, 0.25) is 10.3 Å². The second-order valence-corrected chi connectivity index (χ2v) is 8.31. The minimum atomic E-state index is -0.505. The van der Waals surface area contributed by atoms with Gasteiger partial charge in [0.15, 0.2) is 0 Å². The van der Waals surface area contributed by atoms with Crippen molar-refractivity contribution < 1.29 is 14.3 Å². The van der Waals surface area contributed by atoms with E-state index in [0.29, 0.717) is 24.2 Å². The maximum Gasteiger partial charge on any atom is 0.410 e. The van der Waals surface area contributed by atoms with Crippen molar-refractivity contribution in [3.63, 3.8) is 0 Å². The molecule has 1 aromatic heterocycles. The highest BCUT2D eigenvalue weighted by molar-refractivity contribution is 6.32. The molecule has 0 spiro atoms. The van der Waals surface area contributed by atoms with Crippen molar-refractivity contribution in [3.05, 3.63) is 22.4 Å². The maximum absolute atomic E-state index is 12.5. The van der Waals surface area contributed by atoms with Gasteiger partial charge in [-0.15, -0.1) is 0 Å². The van der Waals surface area contributed by atoms with Crippen molar-refractivity contribution in [2.24, 2.45) is 11.8 Å². The van der Waals surface area contributed by atoms with E-state index in [1.807, 2.05) is 25.7 Å². The van der Waals surface area contributed by atoms with E-state index in [1.165, 1.54) is 6.42 Å². The fourth-order valence-corrected chi connectivity index (χ4v) is 3.56. The van der Waals surface area contributed by atoms with Gasteiger partial charge in [-0.05, 0) is 45.4 Å². The predicted molar refractivity (Wildman–Crippen MR) is 92.7 cm³/mol. The minimum Gasteiger partial charge on any atom is -0.491 e. The Labute approximate surface area is 152 Å². The highest BCUT2D eigenvalue weighted by Crippen LogP contribution is 2.47. The van der Waals surface area contributed by atoms with Gasteiger partial charge in [0.1, 0.15) is 28.3 Å². The molecule has 1 aliphatic heterocycles. The van der Waals surface area contributed by atoms with Gasteiger partial charge in [-0.25, -0.2) is 9.78 Å². The summed E-state index contributed by atoms with van der Waals surface area (Å²) in [6.07, 6.45) is 1.85. The molecule has 132 valence electrons. The van der Waals surface area contributed by atoms with Crippen LogP contribution in [0.25, 0.3) is 0 Å². The van der Waals surface area contributed by atoms with Crippen molar-refractivity contribution >= 4 is 29.3 Å². The van der Waals surface area contributed by atoms with Crippen LogP contribution in [0.1, 0.15) is 33.6 Å². The van der Waals surface area contributed by atoms with E-state index in [1.54, 1.807) is 12.1 Å². The molecule has 0 radical (unpaired) electrons. The van der Waals surface area contributed by atoms with Gasteiger partial charge in [0.2, 0.25) is 0 Å². The van der Waals surface area contributed by atoms with Crippen LogP contribution in [0, 0.1) is 11.8 Å². The second-order valence-electron chi connectivity index (χ2n) is 7.54. The van der Waals surface area contributed by atoms with Gasteiger partial charge < -0.3 is 14.4 Å². The third-order valence-electron chi connectivity index (χ3n) is 4.32. The van der Waals surface area contributed by atoms with E-state index >= 15 is 0 Å². The Bertz CT molecular complexity index is 613. The normalized spacial score (nSPS) is 25.9. The van der Waals surface area contributed by atoms with Crippen molar-refractivity contribution in [3.8, 4) is 5.75 Å². The molecule has 2 aliphatic rings. The van der Waals surface area contributed by atoms with E-state index < -0.39 is 5.60 Å². The number of halogens is 2. The molecule has 2 heterocycles. The van der Waals surface area contributed by atoms with Gasteiger partial charge in [0, 0.05) is 18.7 Å². The lowest BCUT2D eigenvalue weighted by molar-refractivity contribution is 0.00227. The molecule has 0 N–H and O–H groups in total. The standard InChI is InChI=1S/C17H22Cl2N2O3/c1-17(2,3)24-16(22)21-8-11-4-10(11)5-12(21)9-23-13-6-14(18)20-15(19)7-13/h6-7,10-12H,4-5,8-9H2,1-3H3. The Balaban J connectivity index is 1.66. The number of carbonyl (C=O) groups excluding carboxylic acids is 1. The predicted octanol–water partition coefficient (Wildman–Crippen LogP) is 4.41. The molecule has 1 saturated heterocycles. The molecule has 7 heteroatoms. The topological polar surface area (TPSA) is 51.7 Å². The fourth-order valence-electron chi connectivity index (χ4n) is 3.12. The summed E-state index contributed by atoms with van der Waals surface area (Å²) in [5, 5.41) is 0.569. The first-order chi connectivity index (χ1) is 11.2. The summed E-state index contributed by atoms with van der Waals surface area (Å²) >= 11 is 11.8. The average molecular weight is 373 g/mol. The molecule has 24 heavy (non-hydrogen) atoms. The number of amides is 1. The summed E-state index contributed by atoms with van der Waals surface area (Å²) < 4.78 is 11.4. The summed E-state index contributed by atoms with van der Waals surface area (Å²) in [6.45, 7) is 6.76. The number of carbonyl (C=O) groups is 1. The molecular formula is C17H22Cl2N2O3. The van der Waals surface area contributed by atoms with Crippen LogP contribution in [0.15, 0.2) is 12.1 Å². The van der Waals surface area contributed by atoms with E-state index in [0.717, 1.165) is 13.0 Å². The van der Waals surface area contributed by atoms with Gasteiger partial charge in [0.25, 0.3) is 0 Å². The fraction of sp³-hybridized carbons (Fsp3) is 0.647. The molecule has 5 nitrogen and oxygen atoms in total. The number of hydrogen-bond donors (Lipinski definition) is 0. The van der Waals surface area contributed by atoms with E-state index in [-0.39, 0.29) is 22.4 Å². The number of nitrogens with zero attached hydrogens (tertiary/aromatic N) is 2. The zero-order valence-corrected chi connectivity index (χ0v) is 15.6. The number of piperidine rings is 1. The number of pyridine rings is 1. The summed E-state index contributed by atoms with van der Waals surface area (Å²) in [6, 6.07) is 3.23. The smallest absolute Gasteiger partial charge is 0.410 e. The minimum absolute atomic E-state index is 0.00526. The van der Waals surface area contributed by atoms with E-state index in [4.69, 9.17) is 32.7 Å². The van der Waals surface area contributed by atoms with Gasteiger partial charge in [0.05, 0.1) is 6.04 Å². The molecular weight excluding hydrogens is 351 g/mol. The Morgan fingerprint density at radius 1 is 1.25 bits per heavy atom. The lowest BCUT2D eigenvalue weighted by Crippen LogP contribution is -2.49. The van der Waals surface area contributed by atoms with Crippen molar-refractivity contribution in [2.45, 2.75) is 45.3 Å². The molecule has 1 aromatic rings. The Morgan fingerprint density at radius 3 is 2.54 bits per heavy atom. The van der Waals surface area contributed by atoms with Crippen LogP contribution in [-0.4, -0.2) is 40.8 Å². The van der Waals surface area contributed by atoms with Gasteiger partial charge in [-0.3, -0.25) is 0 Å². The zero-order valence-electron chi connectivity index (χ0n) is 14.1. The first kappa shape index (κ1) is 17.6. The van der Waals surface area contributed by atoms with Gasteiger partial charge >= 0.3 is 6.09 Å². The number of ether oxygens (including phenoxy) is 2. The molecule has 1 amide bonds. The summed E-state index contributed by atoms with van der Waals surface area (Å²) in [4.78, 5) is 18.2. The quantitative estimate of drug-likeness (QED) is 0.737. The number of likely N-dealkylation sites (tertiary alicyclic amines) is 1. The van der Waals surface area contributed by atoms with Crippen LogP contribution in [0.5, 0.6) is 5.75 Å². The van der Waals surface area contributed by atoms with Crippen LogP contribution in [0.4, 0.5) is 4.79 Å². The second kappa shape index (κ2) is 6.60. The van der Waals surface area contributed by atoms with Gasteiger partial charge in [-0.1, -0.05) is 23.2 Å². The Morgan fingerprint density at radius 2 is 1.92 bits per heavy atom. The van der Waals surface area contributed by atoms with E-state index in [2.05, 4.69) is 4.98 Å². The van der Waals surface area contributed by atoms with Crippen LogP contribution in [-0.2, 0) is 4.74 Å². The lowest BCUT2D eigenvalue weighted by Gasteiger charge is -2.36. The number of hydrogen-bond acceptors (Lipinski definition) is 4. The Kier molecular flexibility index (Phi) is 4.85. The molecule has 3 unspecified atom stereocenters. The largest absolute Gasteiger partial charge is 0.491 e. The summed E-state index contributed by atoms with van der Waals surface area (Å²) in [5.41, 5.74) is -0.505. The number of aromatic nitrogens is 1. The van der Waals surface area contributed by atoms with Gasteiger partial charge in [-0.2, -0.15) is 0 Å². The van der Waals surface area contributed by atoms with Crippen molar-refractivity contribution in [1.29, 1.82) is 0 Å². The molecule has 1 aliphatic carbocycles. The molecule has 0 bridgehead atoms. The Hall–Kier alpha value is -1.20. The van der Waals surface area contributed by atoms with Crippen LogP contribution in [0.3, 0.4) is 0 Å². The monoisotopic (exact) mass is 372 g/mol. The molecule has 0 aromatic carbocycles. The van der Waals surface area contributed by atoms with Crippen molar-refractivity contribution in [2.75, 3.05) is 13.2 Å². The first-order valence-corrected chi connectivity index (χ1v) is 8.92. The summed E-state index contributed by atoms with van der Waals surface area (Å²) in [7, 11) is 0. The lowest BCUT2D eigenvalue weighted by atomic mass is 10.0. The highest BCUT2D eigenvalue weighted by Gasteiger charge is 2.48. The number of fused-ring (bicyclic) bond motifs is 1. The summed E-state index contributed by atoms with van der Waals surface area (Å²) in [5.74, 6) is 1.86. The average Bonchev–Trinajstić information content (AvgIpc) is 3.19. The van der Waals surface area contributed by atoms with E-state index in [9.17, 15) is 4.79 Å². The molecule has 2 fully saturated rings. The maximum atomic E-state index is 12.5. The third kappa shape index (κ3) is 4.45.